The van der Waals surface area contributed by atoms with Gasteiger partial charge in [-0.25, -0.2) is 8.42 Å². The van der Waals surface area contributed by atoms with Crippen molar-refractivity contribution in [3.05, 3.63) is 54.1 Å². The Kier molecular flexibility index (Phi) is 4.93. The highest BCUT2D eigenvalue weighted by molar-refractivity contribution is 7.93. The second-order valence-electron chi connectivity index (χ2n) is 6.29. The molecule has 0 bridgehead atoms. The summed E-state index contributed by atoms with van der Waals surface area (Å²) in [4.78, 5) is 26.7. The van der Waals surface area contributed by atoms with Gasteiger partial charge in [0.25, 0.3) is 0 Å². The van der Waals surface area contributed by atoms with Crippen LogP contribution in [0.4, 0.5) is 11.4 Å². The van der Waals surface area contributed by atoms with Crippen LogP contribution in [0.3, 0.4) is 0 Å². The van der Waals surface area contributed by atoms with E-state index in [1.54, 1.807) is 55.6 Å². The molecular weight excluding hydrogens is 368 g/mol. The number of hydrogen-bond acceptors (Lipinski definition) is 5. The summed E-state index contributed by atoms with van der Waals surface area (Å²) in [5.41, 5.74) is 1.61. The molecule has 2 amide bonds. The Morgan fingerprint density at radius 1 is 1.11 bits per heavy atom. The van der Waals surface area contributed by atoms with Crippen molar-refractivity contribution in [3.8, 4) is 5.75 Å². The van der Waals surface area contributed by atoms with E-state index in [-0.39, 0.29) is 5.91 Å². The molecule has 2 aromatic rings. The summed E-state index contributed by atoms with van der Waals surface area (Å²) in [6.07, 6.45) is 0. The third kappa shape index (κ3) is 3.52. The van der Waals surface area contributed by atoms with Crippen LogP contribution in [0.15, 0.2) is 48.5 Å². The lowest BCUT2D eigenvalue weighted by Crippen LogP contribution is -2.29. The maximum absolute atomic E-state index is 12.6. The average molecular weight is 388 g/mol. The van der Waals surface area contributed by atoms with Crippen molar-refractivity contribution in [3.63, 3.8) is 0 Å². The maximum atomic E-state index is 12.6. The zero-order valence-corrected chi connectivity index (χ0v) is 16.1. The molecule has 1 unspecified atom stereocenters. The molecule has 0 radical (unpaired) electrons. The van der Waals surface area contributed by atoms with Crippen LogP contribution < -0.4 is 14.5 Å². The first-order chi connectivity index (χ1) is 12.7. The van der Waals surface area contributed by atoms with Gasteiger partial charge < -0.3 is 9.64 Å². The first-order valence-electron chi connectivity index (χ1n) is 8.26. The van der Waals surface area contributed by atoms with Crippen molar-refractivity contribution < 1.29 is 22.7 Å². The lowest BCUT2D eigenvalue weighted by molar-refractivity contribution is -0.116. The Morgan fingerprint density at radius 2 is 1.70 bits per heavy atom. The number of sulfone groups is 1. The average Bonchev–Trinajstić information content (AvgIpc) is 2.89. The number of carbonyl (C=O) groups excluding carboxylic acids is 2. The van der Waals surface area contributed by atoms with E-state index in [1.807, 2.05) is 0 Å². The molecule has 1 fully saturated rings. The minimum Gasteiger partial charge on any atom is -0.497 e. The van der Waals surface area contributed by atoms with Crippen LogP contribution in [0.2, 0.25) is 0 Å². The molecular formula is C19H20N2O5S. The number of methoxy groups -OCH3 is 1. The van der Waals surface area contributed by atoms with E-state index in [9.17, 15) is 18.0 Å². The van der Waals surface area contributed by atoms with Gasteiger partial charge in [-0.1, -0.05) is 12.1 Å². The van der Waals surface area contributed by atoms with Gasteiger partial charge >= 0.3 is 0 Å². The first kappa shape index (κ1) is 18.9. The van der Waals surface area contributed by atoms with E-state index in [2.05, 4.69) is 0 Å². The molecule has 1 atom stereocenters. The van der Waals surface area contributed by atoms with E-state index in [1.165, 1.54) is 23.8 Å². The van der Waals surface area contributed by atoms with Crippen LogP contribution in [0.1, 0.15) is 17.9 Å². The van der Waals surface area contributed by atoms with E-state index >= 15 is 0 Å². The molecule has 142 valence electrons. The number of amides is 2. The zero-order chi connectivity index (χ0) is 19.8. The Bertz CT molecular complexity index is 968. The van der Waals surface area contributed by atoms with E-state index in [0.29, 0.717) is 22.7 Å². The normalized spacial score (nSPS) is 18.4. The topological polar surface area (TPSA) is 84.0 Å². The number of anilines is 2. The van der Waals surface area contributed by atoms with Gasteiger partial charge in [0.1, 0.15) is 11.5 Å². The Morgan fingerprint density at radius 3 is 2.22 bits per heavy atom. The predicted octanol–water partition coefficient (Wildman–Crippen LogP) is 2.14. The largest absolute Gasteiger partial charge is 0.497 e. The Labute approximate surface area is 158 Å². The van der Waals surface area contributed by atoms with Crippen LogP contribution in [0, 0.1) is 0 Å². The SMILES string of the molecule is COc1ccc(C2N(c3ccc(N(C)C(C)=O)cc3)C(=O)CS2(=O)=O)cc1. The van der Waals surface area contributed by atoms with Crippen LogP contribution in [0.25, 0.3) is 0 Å². The third-order valence-electron chi connectivity index (χ3n) is 4.56. The van der Waals surface area contributed by atoms with Gasteiger partial charge in [-0.05, 0) is 42.0 Å². The van der Waals surface area contributed by atoms with Gasteiger partial charge in [0.2, 0.25) is 11.8 Å². The molecule has 7 nitrogen and oxygen atoms in total. The molecule has 1 aliphatic rings. The molecule has 0 saturated carbocycles. The van der Waals surface area contributed by atoms with E-state index in [4.69, 9.17) is 4.74 Å². The standard InChI is InChI=1S/C19H20N2O5S/c1-13(22)20(2)15-6-8-16(9-7-15)21-18(23)12-27(24,25)19(21)14-4-10-17(26-3)11-5-14/h4-11,19H,12H2,1-3H3. The van der Waals surface area contributed by atoms with Crippen molar-refractivity contribution in [1.82, 2.24) is 0 Å². The number of benzene rings is 2. The minimum absolute atomic E-state index is 0.126. The molecule has 3 rings (SSSR count). The van der Waals surface area contributed by atoms with Crippen molar-refractivity contribution in [2.75, 3.05) is 29.7 Å². The summed E-state index contributed by atoms with van der Waals surface area (Å²) < 4.78 is 30.4. The van der Waals surface area contributed by atoms with Crippen molar-refractivity contribution in [2.24, 2.45) is 0 Å². The highest BCUT2D eigenvalue weighted by Crippen LogP contribution is 2.38. The number of hydrogen-bond donors (Lipinski definition) is 0. The number of rotatable bonds is 4. The van der Waals surface area contributed by atoms with Crippen LogP contribution in [-0.4, -0.2) is 40.1 Å². The summed E-state index contributed by atoms with van der Waals surface area (Å²) in [7, 11) is -0.509. The summed E-state index contributed by atoms with van der Waals surface area (Å²) >= 11 is 0. The zero-order valence-electron chi connectivity index (χ0n) is 15.2. The molecule has 8 heteroatoms. The number of ether oxygens (including phenoxy) is 1. The lowest BCUT2D eigenvalue weighted by atomic mass is 10.1. The van der Waals surface area contributed by atoms with Crippen LogP contribution in [-0.2, 0) is 19.4 Å². The summed E-state index contributed by atoms with van der Waals surface area (Å²) in [5.74, 6) is -0.551. The highest BCUT2D eigenvalue weighted by Gasteiger charge is 2.45. The number of nitrogens with zero attached hydrogens (tertiary/aromatic N) is 2. The van der Waals surface area contributed by atoms with Gasteiger partial charge in [-0.2, -0.15) is 0 Å². The fourth-order valence-electron chi connectivity index (χ4n) is 3.03. The van der Waals surface area contributed by atoms with Gasteiger partial charge in [0, 0.05) is 25.3 Å². The molecule has 0 aliphatic carbocycles. The number of carbonyl (C=O) groups is 2. The van der Waals surface area contributed by atoms with Crippen LogP contribution in [0.5, 0.6) is 5.75 Å². The lowest BCUT2D eigenvalue weighted by Gasteiger charge is -2.25. The quantitative estimate of drug-likeness (QED) is 0.801. The molecule has 0 spiro atoms. The van der Waals surface area contributed by atoms with E-state index in [0.717, 1.165) is 0 Å². The molecule has 1 heterocycles. The fraction of sp³-hybridized carbons (Fsp3) is 0.263. The summed E-state index contributed by atoms with van der Waals surface area (Å²) in [6, 6.07) is 13.3. The molecule has 27 heavy (non-hydrogen) atoms. The first-order valence-corrected chi connectivity index (χ1v) is 9.98. The van der Waals surface area contributed by atoms with Crippen molar-refractivity contribution in [2.45, 2.75) is 12.3 Å². The fourth-order valence-corrected chi connectivity index (χ4v) is 4.81. The second-order valence-corrected chi connectivity index (χ2v) is 8.35. The molecule has 0 aromatic heterocycles. The van der Waals surface area contributed by atoms with Gasteiger partial charge in [0.05, 0.1) is 7.11 Å². The van der Waals surface area contributed by atoms with Gasteiger partial charge in [-0.3, -0.25) is 14.5 Å². The van der Waals surface area contributed by atoms with Gasteiger partial charge in [0.15, 0.2) is 15.2 Å². The molecule has 2 aromatic carbocycles. The van der Waals surface area contributed by atoms with Gasteiger partial charge in [-0.15, -0.1) is 0 Å². The summed E-state index contributed by atoms with van der Waals surface area (Å²) in [5, 5.41) is -1.09. The highest BCUT2D eigenvalue weighted by atomic mass is 32.2. The van der Waals surface area contributed by atoms with Crippen LogP contribution >= 0.6 is 0 Å². The molecule has 1 aliphatic heterocycles. The second kappa shape index (κ2) is 7.03. The molecule has 0 N–H and O–H groups in total. The van der Waals surface area contributed by atoms with Crippen molar-refractivity contribution in [1.29, 1.82) is 0 Å². The Balaban J connectivity index is 2.01. The smallest absolute Gasteiger partial charge is 0.243 e. The molecule has 1 saturated heterocycles. The van der Waals surface area contributed by atoms with Crippen molar-refractivity contribution >= 4 is 33.0 Å². The predicted molar refractivity (Wildman–Crippen MR) is 103 cm³/mol. The monoisotopic (exact) mass is 388 g/mol. The van der Waals surface area contributed by atoms with E-state index < -0.39 is 26.9 Å². The Hall–Kier alpha value is -2.87. The summed E-state index contributed by atoms with van der Waals surface area (Å²) in [6.45, 7) is 1.45. The maximum Gasteiger partial charge on any atom is 0.243 e. The third-order valence-corrected chi connectivity index (χ3v) is 6.37. The minimum atomic E-state index is -3.68.